The maximum absolute atomic E-state index is 10.4. The van der Waals surface area contributed by atoms with Gasteiger partial charge in [-0.05, 0) is 4.91 Å². The maximum Gasteiger partial charge on any atom is 0.283 e. The van der Waals surface area contributed by atoms with Crippen LogP contribution in [0.2, 0.25) is 0 Å². The molecule has 0 unspecified atom stereocenters. The van der Waals surface area contributed by atoms with Gasteiger partial charge >= 0.3 is 0 Å². The molecule has 0 bridgehead atoms. The van der Waals surface area contributed by atoms with Crippen LogP contribution in [0.3, 0.4) is 0 Å². The van der Waals surface area contributed by atoms with Crippen LogP contribution in [0.1, 0.15) is 0 Å². The van der Waals surface area contributed by atoms with Crippen LogP contribution in [-0.2, 0) is 7.05 Å². The van der Waals surface area contributed by atoms with E-state index in [9.17, 15) is 4.91 Å². The lowest BCUT2D eigenvalue weighted by Crippen LogP contribution is -2.17. The molecule has 4 nitrogen and oxygen atoms in total. The first-order chi connectivity index (χ1) is 3.70. The molecule has 0 aliphatic heterocycles. The molecule has 44 valence electrons. The van der Waals surface area contributed by atoms with Crippen LogP contribution < -0.4 is 4.54 Å². The lowest BCUT2D eigenvalue weighted by Gasteiger charge is -1.67. The number of aromatic amines is 1. The van der Waals surface area contributed by atoms with Gasteiger partial charge in [0.15, 0.2) is 6.20 Å². The summed E-state index contributed by atoms with van der Waals surface area (Å²) in [5.41, 5.74) is 0. The van der Waals surface area contributed by atoms with E-state index in [1.54, 1.807) is 17.9 Å². The van der Waals surface area contributed by atoms with Crippen molar-refractivity contribution in [3.05, 3.63) is 15.7 Å². The molecule has 0 saturated carbocycles. The molecular weight excluding hydrogens is 174 g/mol. The van der Waals surface area contributed by atoms with Gasteiger partial charge in [-0.3, -0.25) is 0 Å². The second kappa shape index (κ2) is 1.74. The van der Waals surface area contributed by atoms with Gasteiger partial charge in [-0.1, -0.05) is 5.21 Å². The molecule has 0 aliphatic carbocycles. The number of nitrogens with zero attached hydrogens (tertiary/aromatic N) is 2. The van der Waals surface area contributed by atoms with Gasteiger partial charge in [0.2, 0.25) is 0 Å². The zero-order chi connectivity index (χ0) is 6.15. The van der Waals surface area contributed by atoms with E-state index in [4.69, 9.17) is 0 Å². The summed E-state index contributed by atoms with van der Waals surface area (Å²) in [6.45, 7) is 0. The average molecular weight is 179 g/mol. The molecule has 0 aromatic carbocycles. The van der Waals surface area contributed by atoms with Crippen LogP contribution >= 0.6 is 15.9 Å². The van der Waals surface area contributed by atoms with Crippen LogP contribution in [0, 0.1) is 4.91 Å². The Hall–Kier alpha value is -0.580. The highest BCUT2D eigenvalue weighted by Gasteiger charge is 2.01. The van der Waals surface area contributed by atoms with E-state index in [-0.39, 0.29) is 0 Å². The molecule has 1 aromatic heterocycles. The summed E-state index contributed by atoms with van der Waals surface area (Å²) in [6, 6.07) is 0. The van der Waals surface area contributed by atoms with Gasteiger partial charge in [0.1, 0.15) is 7.05 Å². The van der Waals surface area contributed by atoms with Gasteiger partial charge in [0.25, 0.3) is 4.60 Å². The monoisotopic (exact) mass is 178 g/mol. The summed E-state index contributed by atoms with van der Waals surface area (Å²) < 4.78 is 2.66. The van der Waals surface area contributed by atoms with Crippen LogP contribution in [0.15, 0.2) is 10.8 Å². The van der Waals surface area contributed by atoms with Crippen LogP contribution in [0.4, 0.5) is 0 Å². The summed E-state index contributed by atoms with van der Waals surface area (Å²) in [4.78, 5) is 10.4. The molecule has 0 atom stereocenters. The van der Waals surface area contributed by atoms with Gasteiger partial charge < -0.3 is 0 Å². The van der Waals surface area contributed by atoms with E-state index in [0.717, 1.165) is 0 Å². The minimum absolute atomic E-state index is 0.486. The minimum atomic E-state index is 0.486. The fourth-order valence-electron chi connectivity index (χ4n) is 0.432. The van der Waals surface area contributed by atoms with E-state index < -0.39 is 0 Å². The van der Waals surface area contributed by atoms with Crippen LogP contribution in [-0.4, -0.2) is 9.90 Å². The predicted octanol–water partition coefficient (Wildman–Crippen LogP) is 0.0302. The number of rotatable bonds is 0. The van der Waals surface area contributed by atoms with Crippen molar-refractivity contribution >= 4 is 15.9 Å². The quantitative estimate of drug-likeness (QED) is 0.561. The Morgan fingerprint density at radius 2 is 2.62 bits per heavy atom. The lowest BCUT2D eigenvalue weighted by atomic mass is 10.9. The van der Waals surface area contributed by atoms with Gasteiger partial charge in [-0.2, -0.15) is 4.68 Å². The van der Waals surface area contributed by atoms with Crippen molar-refractivity contribution in [1.82, 2.24) is 9.90 Å². The second-order valence-corrected chi connectivity index (χ2v) is 2.27. The molecular formula is C3H5BrN3O+. The molecule has 8 heavy (non-hydrogen) atoms. The topological polar surface area (TPSA) is 43.7 Å². The second-order valence-electron chi connectivity index (χ2n) is 1.46. The first kappa shape index (κ1) is 5.55. The van der Waals surface area contributed by atoms with Crippen molar-refractivity contribution < 1.29 is 4.54 Å². The van der Waals surface area contributed by atoms with Crippen molar-refractivity contribution in [3.63, 3.8) is 0 Å². The molecule has 0 fully saturated rings. The number of hydrogen-bond acceptors (Lipinski definition) is 1. The summed E-state index contributed by atoms with van der Waals surface area (Å²) in [5, 5.41) is 2.44. The molecule has 0 saturated heterocycles. The van der Waals surface area contributed by atoms with E-state index >= 15 is 0 Å². The smallest absolute Gasteiger partial charge is 0.165 e. The van der Waals surface area contributed by atoms with Crippen LogP contribution in [0.5, 0.6) is 0 Å². The first-order valence-electron chi connectivity index (χ1n) is 2.04. The Bertz CT molecular complexity index is 237. The van der Waals surface area contributed by atoms with Crippen molar-refractivity contribution in [1.29, 1.82) is 0 Å². The SMILES string of the molecule is Cn1cc(Br)[n+](=O)[nH]1. The van der Waals surface area contributed by atoms with Crippen molar-refractivity contribution in [2.45, 2.75) is 0 Å². The summed E-state index contributed by atoms with van der Waals surface area (Å²) in [6.07, 6.45) is 1.63. The first-order valence-corrected chi connectivity index (χ1v) is 2.83. The molecule has 1 rings (SSSR count). The Balaban J connectivity index is 3.35. The Morgan fingerprint density at radius 3 is 2.75 bits per heavy atom. The highest BCUT2D eigenvalue weighted by Crippen LogP contribution is 1.95. The molecule has 0 amide bonds. The number of aryl methyl sites for hydroxylation is 1. The van der Waals surface area contributed by atoms with E-state index in [2.05, 4.69) is 21.1 Å². The molecule has 0 aliphatic rings. The predicted molar refractivity (Wildman–Crippen MR) is 30.8 cm³/mol. The standard InChI is InChI=1S/C3H5BrN3O/c1-6-2-3(4)7(8)5-6/h2H,1H3,(H,5,8)/q+1. The van der Waals surface area contributed by atoms with Gasteiger partial charge in [-0.25, -0.2) is 0 Å². The lowest BCUT2D eigenvalue weighted by molar-refractivity contribution is -0.577. The third-order valence-corrected chi connectivity index (χ3v) is 1.27. The summed E-state index contributed by atoms with van der Waals surface area (Å²) >= 11 is 3.01. The maximum atomic E-state index is 10.4. The number of nitrogens with one attached hydrogen (secondary N) is 1. The fourth-order valence-corrected chi connectivity index (χ4v) is 0.819. The van der Waals surface area contributed by atoms with E-state index in [0.29, 0.717) is 9.15 Å². The number of halogens is 1. The van der Waals surface area contributed by atoms with Gasteiger partial charge in [0, 0.05) is 15.9 Å². The van der Waals surface area contributed by atoms with Gasteiger partial charge in [-0.15, -0.1) is 0 Å². The largest absolute Gasteiger partial charge is 0.283 e. The third-order valence-electron chi connectivity index (χ3n) is 0.743. The zero-order valence-corrected chi connectivity index (χ0v) is 5.84. The van der Waals surface area contributed by atoms with Crippen LogP contribution in [0.25, 0.3) is 0 Å². The van der Waals surface area contributed by atoms with E-state index in [1.807, 2.05) is 0 Å². The van der Waals surface area contributed by atoms with Gasteiger partial charge in [0.05, 0.1) is 4.54 Å². The fraction of sp³-hybridized carbons (Fsp3) is 0.333. The van der Waals surface area contributed by atoms with Crippen molar-refractivity contribution in [3.8, 4) is 0 Å². The van der Waals surface area contributed by atoms with E-state index in [1.165, 1.54) is 0 Å². The highest BCUT2D eigenvalue weighted by atomic mass is 79.9. The summed E-state index contributed by atoms with van der Waals surface area (Å²) in [5.74, 6) is 0. The Morgan fingerprint density at radius 1 is 2.00 bits per heavy atom. The third kappa shape index (κ3) is 0.812. The molecule has 1 aromatic rings. The highest BCUT2D eigenvalue weighted by molar-refractivity contribution is 9.10. The normalized spacial score (nSPS) is 9.75. The minimum Gasteiger partial charge on any atom is -0.165 e. The molecule has 1 N–H and O–H groups in total. The Labute approximate surface area is 53.8 Å². The molecule has 5 heteroatoms. The van der Waals surface area contributed by atoms with Crippen molar-refractivity contribution in [2.75, 3.05) is 0 Å². The zero-order valence-electron chi connectivity index (χ0n) is 4.26. The molecule has 1 heterocycles. The molecule has 0 radical (unpaired) electrons. The number of hydrogen-bond donors (Lipinski definition) is 1. The summed E-state index contributed by atoms with van der Waals surface area (Å²) in [7, 11) is 1.74. The average Bonchev–Trinajstić information content (AvgIpc) is 1.85. The number of aromatic nitrogens is 3. The van der Waals surface area contributed by atoms with Crippen molar-refractivity contribution in [2.24, 2.45) is 7.05 Å². The number of H-pyrrole nitrogens is 1. The molecule has 0 spiro atoms. The Kier molecular flexibility index (Phi) is 1.21.